The van der Waals surface area contributed by atoms with Crippen molar-refractivity contribution in [3.63, 3.8) is 0 Å². The van der Waals surface area contributed by atoms with Gasteiger partial charge in [-0.3, -0.25) is 4.98 Å². The number of methoxy groups -OCH3 is 1. The van der Waals surface area contributed by atoms with Crippen LogP contribution in [0.3, 0.4) is 0 Å². The third-order valence-electron chi connectivity index (χ3n) is 1.53. The number of aromatic nitrogens is 1. The van der Waals surface area contributed by atoms with Gasteiger partial charge in [0.05, 0.1) is 11.8 Å². The van der Waals surface area contributed by atoms with Crippen molar-refractivity contribution in [1.29, 1.82) is 0 Å². The second-order valence-corrected chi connectivity index (χ2v) is 3.10. The van der Waals surface area contributed by atoms with Gasteiger partial charge in [0.1, 0.15) is 0 Å². The van der Waals surface area contributed by atoms with Crippen molar-refractivity contribution in [2.75, 3.05) is 7.11 Å². The van der Waals surface area contributed by atoms with Crippen LogP contribution in [0.1, 0.15) is 18.7 Å². The normalized spacial score (nSPS) is 13.0. The number of rotatable bonds is 2. The van der Waals surface area contributed by atoms with Gasteiger partial charge in [-0.25, -0.2) is 0 Å². The zero-order valence-electron chi connectivity index (χ0n) is 6.54. The van der Waals surface area contributed by atoms with Gasteiger partial charge in [0.25, 0.3) is 0 Å². The van der Waals surface area contributed by atoms with E-state index < -0.39 is 0 Å². The maximum absolute atomic E-state index is 5.12. The van der Waals surface area contributed by atoms with Gasteiger partial charge in [-0.15, -0.1) is 0 Å². The Bertz CT molecular complexity index is 239. The zero-order valence-corrected chi connectivity index (χ0v) is 8.13. The lowest BCUT2D eigenvalue weighted by Gasteiger charge is -2.09. The van der Waals surface area contributed by atoms with E-state index in [-0.39, 0.29) is 6.10 Å². The number of pyridine rings is 1. The molecule has 1 aromatic heterocycles. The average molecular weight is 216 g/mol. The van der Waals surface area contributed by atoms with Crippen LogP contribution in [-0.4, -0.2) is 12.1 Å². The van der Waals surface area contributed by atoms with E-state index in [9.17, 15) is 0 Å². The lowest BCUT2D eigenvalue weighted by Crippen LogP contribution is -1.99. The maximum Gasteiger partial charge on any atom is 0.0974 e. The Morgan fingerprint density at radius 1 is 1.64 bits per heavy atom. The smallest absolute Gasteiger partial charge is 0.0974 e. The highest BCUT2D eigenvalue weighted by atomic mass is 79.9. The average Bonchev–Trinajstić information content (AvgIpc) is 2.04. The summed E-state index contributed by atoms with van der Waals surface area (Å²) in [6.45, 7) is 1.97. The summed E-state index contributed by atoms with van der Waals surface area (Å²) < 4.78 is 6.12. The van der Waals surface area contributed by atoms with Gasteiger partial charge in [-0.05, 0) is 35.0 Å². The summed E-state index contributed by atoms with van der Waals surface area (Å²) in [5, 5.41) is 0. The molecule has 0 fully saturated rings. The first kappa shape index (κ1) is 8.68. The molecular weight excluding hydrogens is 206 g/mol. The van der Waals surface area contributed by atoms with Crippen molar-refractivity contribution in [1.82, 2.24) is 4.98 Å². The maximum atomic E-state index is 5.12. The first-order valence-corrected chi connectivity index (χ1v) is 4.18. The molecule has 0 saturated carbocycles. The van der Waals surface area contributed by atoms with Crippen LogP contribution in [-0.2, 0) is 4.74 Å². The Balaban J connectivity index is 2.93. The lowest BCUT2D eigenvalue weighted by molar-refractivity contribution is 0.115. The molecule has 1 unspecified atom stereocenters. The van der Waals surface area contributed by atoms with Crippen LogP contribution in [0.4, 0.5) is 0 Å². The molecule has 2 nitrogen and oxygen atoms in total. The van der Waals surface area contributed by atoms with Crippen LogP contribution < -0.4 is 0 Å². The Hall–Kier alpha value is -0.410. The van der Waals surface area contributed by atoms with Gasteiger partial charge in [-0.2, -0.15) is 0 Å². The number of hydrogen-bond acceptors (Lipinski definition) is 2. The van der Waals surface area contributed by atoms with E-state index in [1.165, 1.54) is 0 Å². The quantitative estimate of drug-likeness (QED) is 0.757. The first-order valence-electron chi connectivity index (χ1n) is 3.39. The van der Waals surface area contributed by atoms with Crippen molar-refractivity contribution in [3.05, 3.63) is 28.5 Å². The molecule has 60 valence electrons. The Labute approximate surface area is 74.7 Å². The van der Waals surface area contributed by atoms with Gasteiger partial charge in [0.15, 0.2) is 0 Å². The van der Waals surface area contributed by atoms with Crippen molar-refractivity contribution in [2.45, 2.75) is 13.0 Å². The summed E-state index contributed by atoms with van der Waals surface area (Å²) in [5.74, 6) is 0. The minimum Gasteiger partial charge on any atom is -0.375 e. The fourth-order valence-corrected chi connectivity index (χ4v) is 1.39. The number of nitrogens with zero attached hydrogens (tertiary/aromatic N) is 1. The molecule has 0 aliphatic rings. The zero-order chi connectivity index (χ0) is 8.27. The molecule has 1 aromatic rings. The minimum absolute atomic E-state index is 0.0468. The summed E-state index contributed by atoms with van der Waals surface area (Å²) in [5.41, 5.74) is 0.940. The molecule has 1 heterocycles. The van der Waals surface area contributed by atoms with E-state index >= 15 is 0 Å². The Morgan fingerprint density at radius 3 is 2.91 bits per heavy atom. The fourth-order valence-electron chi connectivity index (χ4n) is 0.809. The Kier molecular flexibility index (Phi) is 3.02. The van der Waals surface area contributed by atoms with Crippen LogP contribution in [0.5, 0.6) is 0 Å². The third kappa shape index (κ3) is 2.01. The third-order valence-corrected chi connectivity index (χ3v) is 2.20. The number of halogens is 1. The van der Waals surface area contributed by atoms with Gasteiger partial charge >= 0.3 is 0 Å². The van der Waals surface area contributed by atoms with Gasteiger partial charge in [0, 0.05) is 17.8 Å². The standard InChI is InChI=1S/C8H10BrNO/c1-6(11-2)8-7(9)4-3-5-10-8/h3-6H,1-2H3. The highest BCUT2D eigenvalue weighted by Gasteiger charge is 2.07. The van der Waals surface area contributed by atoms with Crippen LogP contribution in [0.25, 0.3) is 0 Å². The highest BCUT2D eigenvalue weighted by molar-refractivity contribution is 9.10. The predicted molar refractivity (Wildman–Crippen MR) is 47.4 cm³/mol. The topological polar surface area (TPSA) is 22.1 Å². The van der Waals surface area contributed by atoms with E-state index in [2.05, 4.69) is 20.9 Å². The van der Waals surface area contributed by atoms with Crippen molar-refractivity contribution in [2.24, 2.45) is 0 Å². The molecule has 0 aliphatic carbocycles. The fraction of sp³-hybridized carbons (Fsp3) is 0.375. The van der Waals surface area contributed by atoms with Crippen LogP contribution >= 0.6 is 15.9 Å². The predicted octanol–water partition coefficient (Wildman–Crippen LogP) is 2.55. The summed E-state index contributed by atoms with van der Waals surface area (Å²) in [4.78, 5) is 4.18. The van der Waals surface area contributed by atoms with Gasteiger partial charge in [0.2, 0.25) is 0 Å². The lowest BCUT2D eigenvalue weighted by atomic mass is 10.2. The highest BCUT2D eigenvalue weighted by Crippen LogP contribution is 2.21. The molecule has 0 saturated heterocycles. The van der Waals surface area contributed by atoms with E-state index in [0.717, 1.165) is 10.2 Å². The van der Waals surface area contributed by atoms with Crippen molar-refractivity contribution < 1.29 is 4.74 Å². The second-order valence-electron chi connectivity index (χ2n) is 2.25. The summed E-state index contributed by atoms with van der Waals surface area (Å²) in [7, 11) is 1.67. The van der Waals surface area contributed by atoms with Crippen molar-refractivity contribution in [3.8, 4) is 0 Å². The molecule has 1 rings (SSSR count). The van der Waals surface area contributed by atoms with Crippen LogP contribution in [0.15, 0.2) is 22.8 Å². The van der Waals surface area contributed by atoms with Gasteiger partial charge in [-0.1, -0.05) is 0 Å². The number of ether oxygens (including phenoxy) is 1. The van der Waals surface area contributed by atoms with Gasteiger partial charge < -0.3 is 4.74 Å². The molecule has 0 aromatic carbocycles. The molecule has 0 aliphatic heterocycles. The van der Waals surface area contributed by atoms with E-state index in [0.29, 0.717) is 0 Å². The molecular formula is C8H10BrNO. The second kappa shape index (κ2) is 3.83. The molecule has 0 radical (unpaired) electrons. The Morgan fingerprint density at radius 2 is 2.36 bits per heavy atom. The van der Waals surface area contributed by atoms with E-state index in [1.807, 2.05) is 19.1 Å². The molecule has 0 N–H and O–H groups in total. The van der Waals surface area contributed by atoms with Crippen molar-refractivity contribution >= 4 is 15.9 Å². The first-order chi connectivity index (χ1) is 5.25. The van der Waals surface area contributed by atoms with E-state index in [1.54, 1.807) is 13.3 Å². The summed E-state index contributed by atoms with van der Waals surface area (Å²) >= 11 is 3.40. The number of hydrogen-bond donors (Lipinski definition) is 0. The molecule has 1 atom stereocenters. The van der Waals surface area contributed by atoms with Crippen LogP contribution in [0.2, 0.25) is 0 Å². The minimum atomic E-state index is 0.0468. The molecule has 0 amide bonds. The largest absolute Gasteiger partial charge is 0.375 e. The molecule has 0 bridgehead atoms. The summed E-state index contributed by atoms with van der Waals surface area (Å²) in [6.07, 6.45) is 1.81. The molecule has 3 heteroatoms. The summed E-state index contributed by atoms with van der Waals surface area (Å²) in [6, 6.07) is 3.84. The van der Waals surface area contributed by atoms with Crippen LogP contribution in [0, 0.1) is 0 Å². The molecule has 0 spiro atoms. The van der Waals surface area contributed by atoms with E-state index in [4.69, 9.17) is 4.74 Å². The SMILES string of the molecule is COC(C)c1ncccc1Br. The monoisotopic (exact) mass is 215 g/mol. The molecule has 11 heavy (non-hydrogen) atoms.